The Morgan fingerprint density at radius 2 is 1.89 bits per heavy atom. The number of anilines is 2. The van der Waals surface area contributed by atoms with Crippen LogP contribution in [0.3, 0.4) is 0 Å². The maximum Gasteiger partial charge on any atom is 0.255 e. The Bertz CT molecular complexity index is 1090. The quantitative estimate of drug-likeness (QED) is 0.645. The number of rotatable bonds is 3. The van der Waals surface area contributed by atoms with Crippen molar-refractivity contribution in [1.29, 1.82) is 0 Å². The number of tetrazole rings is 1. The first-order valence-corrected chi connectivity index (χ1v) is 9.63. The van der Waals surface area contributed by atoms with Crippen LogP contribution in [0.15, 0.2) is 58.2 Å². The smallest absolute Gasteiger partial charge is 0.255 e. The highest BCUT2D eigenvalue weighted by molar-refractivity contribution is 9.10. The number of aromatic nitrogens is 4. The Morgan fingerprint density at radius 3 is 2.61 bits per heavy atom. The topological polar surface area (TPSA) is 84.7 Å². The van der Waals surface area contributed by atoms with Gasteiger partial charge in [0.2, 0.25) is 5.95 Å². The van der Waals surface area contributed by atoms with E-state index in [4.69, 9.17) is 0 Å². The summed E-state index contributed by atoms with van der Waals surface area (Å²) in [7, 11) is 0. The van der Waals surface area contributed by atoms with Crippen LogP contribution in [-0.4, -0.2) is 26.1 Å². The number of hydrogen-bond donors (Lipinski definition) is 2. The number of carbonyl (C=O) groups is 1. The number of fused-ring (bicyclic) bond motifs is 1. The molecule has 0 unspecified atom stereocenters. The maximum atomic E-state index is 13.3. The number of amides is 1. The predicted octanol–water partition coefficient (Wildman–Crippen LogP) is 3.98. The molecule has 1 amide bonds. The van der Waals surface area contributed by atoms with Crippen LogP contribution < -0.4 is 10.6 Å². The minimum absolute atomic E-state index is 0.189. The standard InChI is InChI=1S/C20H19BrN6O/c1-11-4-9-16(12(2)10-11)23-19(28)17-13(3)22-20-24-25-26-27(20)18(17)14-5-7-15(21)8-6-14/h4-10,18H,1-3H3,(H,23,28)(H,22,24,26)/t18-/m1/s1. The van der Waals surface area contributed by atoms with Crippen molar-refractivity contribution >= 4 is 33.5 Å². The van der Waals surface area contributed by atoms with E-state index in [2.05, 4.69) is 42.1 Å². The van der Waals surface area contributed by atoms with E-state index in [0.717, 1.165) is 32.5 Å². The van der Waals surface area contributed by atoms with E-state index in [1.54, 1.807) is 4.68 Å². The first kappa shape index (κ1) is 18.4. The summed E-state index contributed by atoms with van der Waals surface area (Å²) in [6.45, 7) is 5.87. The van der Waals surface area contributed by atoms with E-state index in [-0.39, 0.29) is 5.91 Å². The summed E-state index contributed by atoms with van der Waals surface area (Å²) in [6.07, 6.45) is 0. The number of hydrogen-bond acceptors (Lipinski definition) is 5. The van der Waals surface area contributed by atoms with Crippen molar-refractivity contribution in [3.8, 4) is 0 Å². The van der Waals surface area contributed by atoms with Gasteiger partial charge >= 0.3 is 0 Å². The molecule has 0 fully saturated rings. The molecule has 0 saturated carbocycles. The van der Waals surface area contributed by atoms with Gasteiger partial charge in [0, 0.05) is 15.9 Å². The second-order valence-corrected chi connectivity index (χ2v) is 7.75. The molecule has 1 aromatic heterocycles. The van der Waals surface area contributed by atoms with Crippen LogP contribution in [0.4, 0.5) is 11.6 Å². The van der Waals surface area contributed by atoms with Crippen LogP contribution in [0.5, 0.6) is 0 Å². The van der Waals surface area contributed by atoms with E-state index in [1.165, 1.54) is 0 Å². The Morgan fingerprint density at radius 1 is 1.14 bits per heavy atom. The summed E-state index contributed by atoms with van der Waals surface area (Å²) in [6, 6.07) is 13.3. The van der Waals surface area contributed by atoms with E-state index in [0.29, 0.717) is 11.5 Å². The zero-order valence-corrected chi connectivity index (χ0v) is 17.3. The lowest BCUT2D eigenvalue weighted by molar-refractivity contribution is -0.113. The number of benzene rings is 2. The predicted molar refractivity (Wildman–Crippen MR) is 111 cm³/mol. The molecule has 28 heavy (non-hydrogen) atoms. The normalized spacial score (nSPS) is 15.8. The molecule has 0 radical (unpaired) electrons. The number of allylic oxidation sites excluding steroid dienone is 1. The summed E-state index contributed by atoms with van der Waals surface area (Å²) in [5, 5.41) is 18.1. The summed E-state index contributed by atoms with van der Waals surface area (Å²) in [5.41, 5.74) is 5.16. The number of aryl methyl sites for hydroxylation is 2. The van der Waals surface area contributed by atoms with Crippen LogP contribution in [0.25, 0.3) is 0 Å². The molecule has 1 atom stereocenters. The molecule has 0 bridgehead atoms. The Balaban J connectivity index is 1.76. The second kappa shape index (κ2) is 7.20. The third-order valence-corrected chi connectivity index (χ3v) is 5.30. The van der Waals surface area contributed by atoms with Crippen LogP contribution in [-0.2, 0) is 4.79 Å². The number of nitrogens with one attached hydrogen (secondary N) is 2. The van der Waals surface area contributed by atoms with Crippen molar-refractivity contribution in [2.75, 3.05) is 10.6 Å². The zero-order chi connectivity index (χ0) is 19.8. The summed E-state index contributed by atoms with van der Waals surface area (Å²) in [4.78, 5) is 13.3. The summed E-state index contributed by atoms with van der Waals surface area (Å²) < 4.78 is 2.59. The van der Waals surface area contributed by atoms with Gasteiger partial charge in [-0.1, -0.05) is 50.9 Å². The van der Waals surface area contributed by atoms with E-state index < -0.39 is 6.04 Å². The van der Waals surface area contributed by atoms with Crippen molar-refractivity contribution in [1.82, 2.24) is 20.2 Å². The van der Waals surface area contributed by atoms with Gasteiger partial charge in [0.25, 0.3) is 5.91 Å². The lowest BCUT2D eigenvalue weighted by Gasteiger charge is -2.28. The fraction of sp³-hybridized carbons (Fsp3) is 0.200. The highest BCUT2D eigenvalue weighted by Crippen LogP contribution is 2.35. The molecule has 7 nitrogen and oxygen atoms in total. The highest BCUT2D eigenvalue weighted by atomic mass is 79.9. The molecule has 2 heterocycles. The van der Waals surface area contributed by atoms with Crippen LogP contribution in [0, 0.1) is 13.8 Å². The van der Waals surface area contributed by atoms with Crippen LogP contribution >= 0.6 is 15.9 Å². The lowest BCUT2D eigenvalue weighted by atomic mass is 9.95. The molecule has 2 N–H and O–H groups in total. The third kappa shape index (κ3) is 3.31. The molecule has 2 aromatic carbocycles. The van der Waals surface area contributed by atoms with E-state index in [9.17, 15) is 4.79 Å². The molecule has 0 aliphatic carbocycles. The van der Waals surface area contributed by atoms with Gasteiger partial charge < -0.3 is 10.6 Å². The van der Waals surface area contributed by atoms with Crippen LogP contribution in [0.1, 0.15) is 29.7 Å². The highest BCUT2D eigenvalue weighted by Gasteiger charge is 2.34. The number of halogens is 1. The summed E-state index contributed by atoms with van der Waals surface area (Å²) in [5.74, 6) is 0.319. The fourth-order valence-electron chi connectivity index (χ4n) is 3.40. The van der Waals surface area contributed by atoms with Crippen molar-refractivity contribution in [2.45, 2.75) is 26.8 Å². The first-order chi connectivity index (χ1) is 13.4. The molecule has 4 rings (SSSR count). The molecular weight excluding hydrogens is 420 g/mol. The minimum Gasteiger partial charge on any atom is -0.326 e. The van der Waals surface area contributed by atoms with Gasteiger partial charge in [-0.15, -0.1) is 0 Å². The largest absolute Gasteiger partial charge is 0.326 e. The Hall–Kier alpha value is -3.00. The van der Waals surface area contributed by atoms with Crippen molar-refractivity contribution in [3.63, 3.8) is 0 Å². The SMILES string of the molecule is CC1=C(C(=O)Nc2ccc(C)cc2C)[C@@H](c2ccc(Br)cc2)n2nnnc2N1. The van der Waals surface area contributed by atoms with Gasteiger partial charge in [0.1, 0.15) is 6.04 Å². The minimum atomic E-state index is -0.426. The van der Waals surface area contributed by atoms with Gasteiger partial charge in [-0.25, -0.2) is 0 Å². The maximum absolute atomic E-state index is 13.3. The van der Waals surface area contributed by atoms with Gasteiger partial charge in [-0.05, 0) is 60.5 Å². The van der Waals surface area contributed by atoms with Gasteiger partial charge in [-0.3, -0.25) is 4.79 Å². The lowest BCUT2D eigenvalue weighted by Crippen LogP contribution is -2.31. The molecule has 0 spiro atoms. The third-order valence-electron chi connectivity index (χ3n) is 4.77. The Kier molecular flexibility index (Phi) is 4.72. The average Bonchev–Trinajstić information content (AvgIpc) is 3.11. The van der Waals surface area contributed by atoms with Gasteiger partial charge in [0.15, 0.2) is 0 Å². The van der Waals surface area contributed by atoms with E-state index >= 15 is 0 Å². The molecular formula is C20H19BrN6O. The van der Waals surface area contributed by atoms with Crippen molar-refractivity contribution in [2.24, 2.45) is 0 Å². The average molecular weight is 439 g/mol. The van der Waals surface area contributed by atoms with Gasteiger partial charge in [0.05, 0.1) is 5.57 Å². The molecule has 142 valence electrons. The van der Waals surface area contributed by atoms with Crippen molar-refractivity contribution in [3.05, 3.63) is 74.9 Å². The van der Waals surface area contributed by atoms with Crippen molar-refractivity contribution < 1.29 is 4.79 Å². The van der Waals surface area contributed by atoms with E-state index in [1.807, 2.05) is 63.2 Å². The second-order valence-electron chi connectivity index (χ2n) is 6.84. The first-order valence-electron chi connectivity index (χ1n) is 8.84. The molecule has 1 aliphatic rings. The monoisotopic (exact) mass is 438 g/mol. The number of carbonyl (C=O) groups excluding carboxylic acids is 1. The molecule has 8 heteroatoms. The van der Waals surface area contributed by atoms with Crippen LogP contribution in [0.2, 0.25) is 0 Å². The number of nitrogens with zero attached hydrogens (tertiary/aromatic N) is 4. The molecule has 0 saturated heterocycles. The Labute approximate surface area is 171 Å². The fourth-order valence-corrected chi connectivity index (χ4v) is 3.67. The molecule has 1 aliphatic heterocycles. The summed E-state index contributed by atoms with van der Waals surface area (Å²) >= 11 is 3.46. The molecule has 3 aromatic rings. The van der Waals surface area contributed by atoms with Gasteiger partial charge in [-0.2, -0.15) is 4.68 Å². The zero-order valence-electron chi connectivity index (χ0n) is 15.7.